The Morgan fingerprint density at radius 1 is 1.47 bits per heavy atom. The third-order valence-electron chi connectivity index (χ3n) is 2.47. The molecule has 1 heterocycles. The number of fused-ring (bicyclic) bond motifs is 1. The molecule has 0 saturated heterocycles. The maximum absolute atomic E-state index is 10.8. The number of carboxylic acids is 1. The van der Waals surface area contributed by atoms with E-state index in [1.54, 1.807) is 23.5 Å². The van der Waals surface area contributed by atoms with Crippen LogP contribution in [0.1, 0.15) is 29.8 Å². The summed E-state index contributed by atoms with van der Waals surface area (Å²) < 4.78 is 6.56. The van der Waals surface area contributed by atoms with E-state index in [2.05, 4.69) is 0 Å². The Labute approximate surface area is 104 Å². The zero-order chi connectivity index (χ0) is 12.4. The monoisotopic (exact) mass is 250 g/mol. The molecule has 0 fully saturated rings. The maximum Gasteiger partial charge on any atom is 0.335 e. The lowest BCUT2D eigenvalue weighted by atomic mass is 10.1. The summed E-state index contributed by atoms with van der Waals surface area (Å²) in [7, 11) is 0. The molecule has 17 heavy (non-hydrogen) atoms. The second kappa shape index (κ2) is 4.85. The molecule has 1 N–H and O–H groups in total. The van der Waals surface area contributed by atoms with Crippen LogP contribution in [0.15, 0.2) is 23.6 Å². The van der Waals surface area contributed by atoms with E-state index in [1.165, 1.54) is 0 Å². The van der Waals surface area contributed by atoms with E-state index in [0.717, 1.165) is 15.6 Å². The molecule has 0 atom stereocenters. The van der Waals surface area contributed by atoms with Crippen LogP contribution in [-0.2, 0) is 11.3 Å². The van der Waals surface area contributed by atoms with Crippen molar-refractivity contribution in [3.05, 3.63) is 34.7 Å². The number of carboxylic acid groups (broad SMARTS) is 1. The summed E-state index contributed by atoms with van der Waals surface area (Å²) in [5, 5.41) is 12.0. The third kappa shape index (κ3) is 2.65. The fraction of sp³-hybridized carbons (Fsp3) is 0.308. The highest BCUT2D eigenvalue weighted by Crippen LogP contribution is 2.27. The van der Waals surface area contributed by atoms with Crippen molar-refractivity contribution in [1.29, 1.82) is 0 Å². The summed E-state index contributed by atoms with van der Waals surface area (Å²) in [5.41, 5.74) is 1.45. The molecule has 0 unspecified atom stereocenters. The highest BCUT2D eigenvalue weighted by Gasteiger charge is 2.08. The number of carbonyl (C=O) groups is 1. The Kier molecular flexibility index (Phi) is 3.45. The fourth-order valence-corrected chi connectivity index (χ4v) is 2.57. The number of rotatable bonds is 4. The minimum absolute atomic E-state index is 0.197. The Hall–Kier alpha value is -1.39. The van der Waals surface area contributed by atoms with Crippen LogP contribution in [0.4, 0.5) is 0 Å². The molecule has 90 valence electrons. The van der Waals surface area contributed by atoms with Crippen molar-refractivity contribution in [2.45, 2.75) is 26.6 Å². The average Bonchev–Trinajstić information content (AvgIpc) is 2.68. The zero-order valence-corrected chi connectivity index (χ0v) is 10.6. The van der Waals surface area contributed by atoms with Crippen LogP contribution in [0.5, 0.6) is 0 Å². The van der Waals surface area contributed by atoms with E-state index in [4.69, 9.17) is 9.84 Å². The lowest BCUT2D eigenvalue weighted by molar-refractivity contribution is 0.0665. The predicted molar refractivity (Wildman–Crippen MR) is 68.7 cm³/mol. The van der Waals surface area contributed by atoms with Gasteiger partial charge in [-0.15, -0.1) is 11.3 Å². The lowest BCUT2D eigenvalue weighted by Crippen LogP contribution is -2.01. The first-order chi connectivity index (χ1) is 8.08. The van der Waals surface area contributed by atoms with Gasteiger partial charge in [0.15, 0.2) is 0 Å². The van der Waals surface area contributed by atoms with Gasteiger partial charge in [0.25, 0.3) is 0 Å². The third-order valence-corrected chi connectivity index (χ3v) is 3.47. The normalized spacial score (nSPS) is 11.2. The van der Waals surface area contributed by atoms with Crippen LogP contribution >= 0.6 is 11.3 Å². The molecule has 0 aliphatic heterocycles. The number of hydrogen-bond donors (Lipinski definition) is 1. The molecule has 2 aromatic rings. The van der Waals surface area contributed by atoms with Gasteiger partial charge in [-0.2, -0.15) is 0 Å². The van der Waals surface area contributed by atoms with Gasteiger partial charge in [-0.05, 0) is 42.3 Å². The van der Waals surface area contributed by atoms with Crippen molar-refractivity contribution in [2.24, 2.45) is 0 Å². The zero-order valence-electron chi connectivity index (χ0n) is 9.77. The molecule has 0 aliphatic carbocycles. The highest BCUT2D eigenvalue weighted by molar-refractivity contribution is 7.17. The smallest absolute Gasteiger partial charge is 0.335 e. The Balaban J connectivity index is 2.31. The van der Waals surface area contributed by atoms with Crippen molar-refractivity contribution in [1.82, 2.24) is 0 Å². The number of hydrogen-bond acceptors (Lipinski definition) is 3. The van der Waals surface area contributed by atoms with Crippen LogP contribution in [0.3, 0.4) is 0 Å². The summed E-state index contributed by atoms with van der Waals surface area (Å²) in [6.45, 7) is 4.57. The molecule has 0 amide bonds. The van der Waals surface area contributed by atoms with E-state index >= 15 is 0 Å². The molecule has 2 rings (SSSR count). The summed E-state index contributed by atoms with van der Waals surface area (Å²) in [4.78, 5) is 10.8. The van der Waals surface area contributed by atoms with E-state index in [1.807, 2.05) is 25.3 Å². The van der Waals surface area contributed by atoms with Crippen LogP contribution in [0, 0.1) is 0 Å². The van der Waals surface area contributed by atoms with Crippen LogP contribution in [-0.4, -0.2) is 17.2 Å². The number of thiophene rings is 1. The largest absolute Gasteiger partial charge is 0.478 e. The summed E-state index contributed by atoms with van der Waals surface area (Å²) in [6, 6.07) is 5.20. The summed E-state index contributed by atoms with van der Waals surface area (Å²) >= 11 is 1.55. The Morgan fingerprint density at radius 2 is 2.24 bits per heavy atom. The Bertz CT molecular complexity index is 543. The topological polar surface area (TPSA) is 46.5 Å². The van der Waals surface area contributed by atoms with Gasteiger partial charge in [-0.3, -0.25) is 0 Å². The molecule has 0 radical (unpaired) electrons. The first-order valence-corrected chi connectivity index (χ1v) is 6.31. The second-order valence-electron chi connectivity index (χ2n) is 4.14. The second-order valence-corrected chi connectivity index (χ2v) is 5.05. The van der Waals surface area contributed by atoms with Gasteiger partial charge in [0.2, 0.25) is 0 Å². The number of ether oxygens (including phenoxy) is 1. The fourth-order valence-electron chi connectivity index (χ4n) is 1.58. The van der Waals surface area contributed by atoms with Gasteiger partial charge in [-0.25, -0.2) is 4.79 Å². The number of aromatic carboxylic acids is 1. The standard InChI is InChI=1S/C13H14O3S/c1-8(2)16-6-10-7-17-12-5-9(13(14)15)3-4-11(10)12/h3-5,7-8H,6H2,1-2H3,(H,14,15). The van der Waals surface area contributed by atoms with Crippen molar-refractivity contribution >= 4 is 27.4 Å². The van der Waals surface area contributed by atoms with Gasteiger partial charge < -0.3 is 9.84 Å². The molecule has 0 aliphatic rings. The van der Waals surface area contributed by atoms with E-state index in [-0.39, 0.29) is 6.10 Å². The Morgan fingerprint density at radius 3 is 2.88 bits per heavy atom. The molecule has 1 aromatic carbocycles. The quantitative estimate of drug-likeness (QED) is 0.903. The summed E-state index contributed by atoms with van der Waals surface area (Å²) in [6.07, 6.45) is 0.197. The van der Waals surface area contributed by atoms with Crippen LogP contribution in [0.25, 0.3) is 10.1 Å². The van der Waals surface area contributed by atoms with Gasteiger partial charge in [0.05, 0.1) is 18.3 Å². The minimum Gasteiger partial charge on any atom is -0.478 e. The molecule has 0 bridgehead atoms. The molecule has 0 spiro atoms. The van der Waals surface area contributed by atoms with Crippen LogP contribution < -0.4 is 0 Å². The van der Waals surface area contributed by atoms with E-state index < -0.39 is 5.97 Å². The minimum atomic E-state index is -0.889. The van der Waals surface area contributed by atoms with Gasteiger partial charge in [0, 0.05) is 4.70 Å². The average molecular weight is 250 g/mol. The SMILES string of the molecule is CC(C)OCc1csc2cc(C(=O)O)ccc12. The maximum atomic E-state index is 10.8. The van der Waals surface area contributed by atoms with E-state index in [0.29, 0.717) is 12.2 Å². The first-order valence-electron chi connectivity index (χ1n) is 5.43. The first kappa shape index (κ1) is 12.1. The van der Waals surface area contributed by atoms with Crippen molar-refractivity contribution < 1.29 is 14.6 Å². The molecule has 3 nitrogen and oxygen atoms in total. The molecule has 1 aromatic heterocycles. The predicted octanol–water partition coefficient (Wildman–Crippen LogP) is 3.52. The van der Waals surface area contributed by atoms with Crippen LogP contribution in [0.2, 0.25) is 0 Å². The van der Waals surface area contributed by atoms with Crippen molar-refractivity contribution in [3.63, 3.8) is 0 Å². The summed E-state index contributed by atoms with van der Waals surface area (Å²) in [5.74, 6) is -0.889. The van der Waals surface area contributed by atoms with Gasteiger partial charge in [-0.1, -0.05) is 6.07 Å². The van der Waals surface area contributed by atoms with Crippen molar-refractivity contribution in [3.8, 4) is 0 Å². The lowest BCUT2D eigenvalue weighted by Gasteiger charge is -2.06. The number of benzene rings is 1. The molecule has 0 saturated carbocycles. The van der Waals surface area contributed by atoms with E-state index in [9.17, 15) is 4.79 Å². The van der Waals surface area contributed by atoms with Gasteiger partial charge >= 0.3 is 5.97 Å². The van der Waals surface area contributed by atoms with Gasteiger partial charge in [0.1, 0.15) is 0 Å². The molecule has 4 heteroatoms. The van der Waals surface area contributed by atoms with Crippen molar-refractivity contribution in [2.75, 3.05) is 0 Å². The highest BCUT2D eigenvalue weighted by atomic mass is 32.1. The molecular formula is C13H14O3S. The molecular weight excluding hydrogens is 236 g/mol.